The van der Waals surface area contributed by atoms with Gasteiger partial charge in [-0.2, -0.15) is 0 Å². The molecule has 1 saturated heterocycles. The Bertz CT molecular complexity index is 601. The second kappa shape index (κ2) is 4.24. The van der Waals surface area contributed by atoms with Crippen LogP contribution in [0.3, 0.4) is 0 Å². The van der Waals surface area contributed by atoms with Crippen LogP contribution in [-0.2, 0) is 25.7 Å². The molecule has 0 radical (unpaired) electrons. The van der Waals surface area contributed by atoms with Gasteiger partial charge in [-0.15, -0.1) is 0 Å². The predicted octanol–water partition coefficient (Wildman–Crippen LogP) is 1.98. The van der Waals surface area contributed by atoms with Gasteiger partial charge in [0.05, 0.1) is 23.8 Å². The van der Waals surface area contributed by atoms with E-state index in [0.717, 1.165) is 6.26 Å². The van der Waals surface area contributed by atoms with Crippen LogP contribution in [0.1, 0.15) is 32.0 Å². The molecule has 0 aliphatic carbocycles. The maximum atomic E-state index is 14.3. The Balaban J connectivity index is 2.61. The van der Waals surface area contributed by atoms with Crippen LogP contribution >= 0.6 is 0 Å². The third-order valence-corrected chi connectivity index (χ3v) is 4.25. The first-order valence-electron chi connectivity index (χ1n) is 6.02. The van der Waals surface area contributed by atoms with Crippen molar-refractivity contribution in [1.82, 2.24) is 4.98 Å². The number of ether oxygens (including phenoxy) is 1. The van der Waals surface area contributed by atoms with Crippen molar-refractivity contribution in [3.05, 3.63) is 23.5 Å². The lowest BCUT2D eigenvalue weighted by molar-refractivity contribution is -0.135. The van der Waals surface area contributed by atoms with Crippen molar-refractivity contribution in [1.29, 1.82) is 0 Å². The summed E-state index contributed by atoms with van der Waals surface area (Å²) in [6, 6.07) is 1.39. The van der Waals surface area contributed by atoms with Crippen molar-refractivity contribution < 1.29 is 17.5 Å². The summed E-state index contributed by atoms with van der Waals surface area (Å²) in [6.45, 7) is 5.53. The molecule has 1 aromatic heterocycles. The van der Waals surface area contributed by atoms with Gasteiger partial charge in [0.25, 0.3) is 0 Å². The smallest absolute Gasteiger partial charge is 0.183 e. The Morgan fingerprint density at radius 2 is 1.95 bits per heavy atom. The zero-order valence-corrected chi connectivity index (χ0v) is 12.3. The highest BCUT2D eigenvalue weighted by Crippen LogP contribution is 2.36. The molecule has 0 bridgehead atoms. The highest BCUT2D eigenvalue weighted by molar-refractivity contribution is 7.90. The van der Waals surface area contributed by atoms with Crippen LogP contribution in [0, 0.1) is 0 Å². The Morgan fingerprint density at radius 3 is 2.32 bits per heavy atom. The van der Waals surface area contributed by atoms with E-state index in [1.165, 1.54) is 12.3 Å². The molecule has 0 spiro atoms. The summed E-state index contributed by atoms with van der Waals surface area (Å²) in [5.41, 5.74) is -1.30. The lowest BCUT2D eigenvalue weighted by Gasteiger charge is -2.34. The van der Waals surface area contributed by atoms with E-state index in [9.17, 15) is 12.8 Å². The van der Waals surface area contributed by atoms with Crippen LogP contribution in [0.15, 0.2) is 17.2 Å². The quantitative estimate of drug-likeness (QED) is 0.834. The Kier molecular flexibility index (Phi) is 3.22. The monoisotopic (exact) mass is 287 g/mol. The van der Waals surface area contributed by atoms with E-state index < -0.39 is 20.9 Å². The first-order chi connectivity index (χ1) is 8.54. The highest BCUT2D eigenvalue weighted by Gasteiger charge is 2.42. The minimum absolute atomic E-state index is 0.0489. The highest BCUT2D eigenvalue weighted by atomic mass is 32.2. The van der Waals surface area contributed by atoms with Crippen molar-refractivity contribution in [3.63, 3.8) is 0 Å². The average molecular weight is 287 g/mol. The standard InChI is InChI=1S/C13H18FNO3S/c1-12(2,3)11-10(19(4,16)17)5-9(6-15-11)13(14)7-18-8-13/h5-6H,7-8H2,1-4H3. The largest absolute Gasteiger partial charge is 0.374 e. The van der Waals surface area contributed by atoms with Crippen molar-refractivity contribution in [3.8, 4) is 0 Å². The van der Waals surface area contributed by atoms with E-state index in [4.69, 9.17) is 4.74 Å². The van der Waals surface area contributed by atoms with E-state index in [-0.39, 0.29) is 23.7 Å². The average Bonchev–Trinajstić information content (AvgIpc) is 2.22. The van der Waals surface area contributed by atoms with E-state index in [0.29, 0.717) is 5.69 Å². The van der Waals surface area contributed by atoms with Gasteiger partial charge < -0.3 is 4.74 Å². The van der Waals surface area contributed by atoms with Crippen molar-refractivity contribution in [2.45, 2.75) is 36.8 Å². The second-order valence-electron chi connectivity index (χ2n) is 6.05. The Morgan fingerprint density at radius 1 is 1.37 bits per heavy atom. The molecule has 106 valence electrons. The molecule has 0 N–H and O–H groups in total. The van der Waals surface area contributed by atoms with Crippen molar-refractivity contribution in [2.75, 3.05) is 19.5 Å². The number of nitrogens with zero attached hydrogens (tertiary/aromatic N) is 1. The minimum atomic E-state index is -3.45. The molecule has 0 aromatic carbocycles. The molecule has 0 unspecified atom stereocenters. The SMILES string of the molecule is CC(C)(C)c1ncc(C2(F)COC2)cc1S(C)(=O)=O. The van der Waals surface area contributed by atoms with Crippen molar-refractivity contribution in [2.24, 2.45) is 0 Å². The molecule has 0 amide bonds. The summed E-state index contributed by atoms with van der Waals surface area (Å²) in [4.78, 5) is 4.29. The molecule has 0 saturated carbocycles. The molecule has 0 atom stereocenters. The van der Waals surface area contributed by atoms with Crippen LogP contribution in [0.2, 0.25) is 0 Å². The summed E-state index contributed by atoms with van der Waals surface area (Å²) < 4.78 is 42.9. The van der Waals surface area contributed by atoms with E-state index in [1.54, 1.807) is 0 Å². The van der Waals surface area contributed by atoms with Gasteiger partial charge in [0, 0.05) is 23.4 Å². The van der Waals surface area contributed by atoms with Gasteiger partial charge in [0.15, 0.2) is 15.5 Å². The number of alkyl halides is 1. The van der Waals surface area contributed by atoms with Crippen molar-refractivity contribution >= 4 is 9.84 Å². The zero-order chi connectivity index (χ0) is 14.5. The fourth-order valence-corrected chi connectivity index (χ4v) is 3.03. The molecule has 2 heterocycles. The van der Waals surface area contributed by atoms with Crippen LogP contribution in [0.5, 0.6) is 0 Å². The van der Waals surface area contributed by atoms with Gasteiger partial charge in [0.2, 0.25) is 0 Å². The first-order valence-corrected chi connectivity index (χ1v) is 7.91. The molecule has 4 nitrogen and oxygen atoms in total. The van der Waals surface area contributed by atoms with Gasteiger partial charge in [-0.3, -0.25) is 4.98 Å². The zero-order valence-electron chi connectivity index (χ0n) is 11.5. The van der Waals surface area contributed by atoms with Gasteiger partial charge in [-0.1, -0.05) is 20.8 Å². The first kappa shape index (κ1) is 14.4. The molecule has 1 aliphatic heterocycles. The summed E-state index contributed by atoms with van der Waals surface area (Å²) in [5, 5.41) is 0. The van der Waals surface area contributed by atoms with Crippen LogP contribution in [0.25, 0.3) is 0 Å². The van der Waals surface area contributed by atoms with Gasteiger partial charge in [-0.25, -0.2) is 12.8 Å². The number of pyridine rings is 1. The molecule has 1 aromatic rings. The topological polar surface area (TPSA) is 56.3 Å². The van der Waals surface area contributed by atoms with Crippen LogP contribution in [0.4, 0.5) is 4.39 Å². The summed E-state index contributed by atoms with van der Waals surface area (Å²) in [5.74, 6) is 0. The van der Waals surface area contributed by atoms with Gasteiger partial charge in [-0.05, 0) is 6.07 Å². The van der Waals surface area contributed by atoms with E-state index >= 15 is 0 Å². The molecule has 2 rings (SSSR count). The Labute approximate surface area is 112 Å². The molecule has 19 heavy (non-hydrogen) atoms. The second-order valence-corrected chi connectivity index (χ2v) is 8.04. The molecular weight excluding hydrogens is 269 g/mol. The van der Waals surface area contributed by atoms with E-state index in [2.05, 4.69) is 4.98 Å². The number of aromatic nitrogens is 1. The predicted molar refractivity (Wildman–Crippen MR) is 69.7 cm³/mol. The fraction of sp³-hybridized carbons (Fsp3) is 0.615. The lowest BCUT2D eigenvalue weighted by Crippen LogP contribution is -2.42. The molecular formula is C13H18FNO3S. The summed E-state index contributed by atoms with van der Waals surface area (Å²) in [6.07, 6.45) is 2.53. The van der Waals surface area contributed by atoms with Gasteiger partial charge in [0.1, 0.15) is 0 Å². The van der Waals surface area contributed by atoms with Crippen LogP contribution < -0.4 is 0 Å². The third kappa shape index (κ3) is 2.65. The number of hydrogen-bond donors (Lipinski definition) is 0. The van der Waals surface area contributed by atoms with Gasteiger partial charge >= 0.3 is 0 Å². The minimum Gasteiger partial charge on any atom is -0.374 e. The molecule has 6 heteroatoms. The number of halogens is 1. The van der Waals surface area contributed by atoms with Crippen LogP contribution in [-0.4, -0.2) is 32.9 Å². The normalized spacial score (nSPS) is 19.0. The number of rotatable bonds is 2. The van der Waals surface area contributed by atoms with E-state index in [1.807, 2.05) is 20.8 Å². The third-order valence-electron chi connectivity index (χ3n) is 3.14. The summed E-state index contributed by atoms with van der Waals surface area (Å²) in [7, 11) is -3.45. The maximum absolute atomic E-state index is 14.3. The fourth-order valence-electron chi connectivity index (χ4n) is 1.98. The maximum Gasteiger partial charge on any atom is 0.183 e. The summed E-state index contributed by atoms with van der Waals surface area (Å²) >= 11 is 0. The molecule has 1 aliphatic rings. The number of hydrogen-bond acceptors (Lipinski definition) is 4. The lowest BCUT2D eigenvalue weighted by atomic mass is 9.89. The Hall–Kier alpha value is -1.01. The molecule has 1 fully saturated rings. The number of sulfone groups is 1.